The molecule has 0 atom stereocenters. The molecule has 0 nitrogen and oxygen atoms in total. The fraction of sp³-hybridized carbons (Fsp3) is 0. The van der Waals surface area contributed by atoms with Crippen LogP contribution in [-0.2, 0) is 0 Å². The summed E-state index contributed by atoms with van der Waals surface area (Å²) in [6.07, 6.45) is 0. The predicted octanol–water partition coefficient (Wildman–Crippen LogP) is 2.19. The van der Waals surface area contributed by atoms with Crippen LogP contribution in [0.3, 0.4) is 0 Å². The maximum atomic E-state index is 2.86. The quantitative estimate of drug-likeness (QED) is 0.412. The van der Waals surface area contributed by atoms with Crippen molar-refractivity contribution in [1.82, 2.24) is 0 Å². The molecule has 0 N–H and O–H groups in total. The Kier molecular flexibility index (Phi) is 37.6. The molecule has 0 saturated heterocycles. The molecule has 0 heterocycles. The molecule has 2 heteroatoms. The van der Waals surface area contributed by atoms with Crippen molar-refractivity contribution in [1.29, 1.82) is 0 Å². The molecule has 0 spiro atoms. The molecule has 0 fully saturated rings. The van der Waals surface area contributed by atoms with Crippen LogP contribution >= 0.6 is 0 Å². The number of hydrogen-bond donors (Lipinski definition) is 0. The van der Waals surface area contributed by atoms with Gasteiger partial charge in [0.2, 0.25) is 0 Å². The molecule has 0 aliphatic heterocycles. The first kappa shape index (κ1) is 22.5. The largest absolute Gasteiger partial charge is 2.00 e. The normalized spacial score (nSPS) is 4.80. The summed E-state index contributed by atoms with van der Waals surface area (Å²) in [6, 6.07) is 13.0. The van der Waals surface area contributed by atoms with E-state index in [0.717, 1.165) is 0 Å². The van der Waals surface area contributed by atoms with Gasteiger partial charge in [-0.15, -0.1) is 0 Å². The molecule has 0 aromatic heterocycles. The van der Waals surface area contributed by atoms with Crippen molar-refractivity contribution in [2.75, 3.05) is 0 Å². The Hall–Kier alpha value is 1.32. The van der Waals surface area contributed by atoms with Crippen LogP contribution < -0.4 is 0 Å². The average molecular weight is 582 g/mol. The topological polar surface area (TPSA) is 0 Å². The van der Waals surface area contributed by atoms with E-state index in [1.54, 1.807) is 0 Å². The van der Waals surface area contributed by atoms with Gasteiger partial charge in [0.25, 0.3) is 0 Å². The molecule has 0 aliphatic rings. The minimum absolute atomic E-state index is 0. The van der Waals surface area contributed by atoms with Crippen molar-refractivity contribution < 1.29 is 62.2 Å². The van der Waals surface area contributed by atoms with Gasteiger partial charge in [0.05, 0.1) is 0 Å². The van der Waals surface area contributed by atoms with E-state index in [1.807, 2.05) is 24.3 Å². The van der Waals surface area contributed by atoms with E-state index >= 15 is 0 Å². The monoisotopic (exact) mass is 582 g/mol. The molecule has 0 unspecified atom stereocenters. The zero-order valence-electron chi connectivity index (χ0n) is 6.31. The van der Waals surface area contributed by atoms with E-state index in [0.29, 0.717) is 0 Å². The molecule has 0 radical (unpaired) electrons. The van der Waals surface area contributed by atoms with E-state index in [2.05, 4.69) is 12.1 Å². The van der Waals surface area contributed by atoms with Crippen molar-refractivity contribution >= 4 is 0 Å². The molecule has 0 amide bonds. The first-order valence-corrected chi connectivity index (χ1v) is 1.82. The number of hydrogen-bond acceptors (Lipinski definition) is 0. The molecule has 0 saturated carbocycles. The van der Waals surface area contributed by atoms with Gasteiger partial charge < -0.3 is 27.0 Å². The van der Waals surface area contributed by atoms with Gasteiger partial charge >= 0.3 is 62.2 Å². The third-order valence-electron chi connectivity index (χ3n) is 0.552. The Balaban J connectivity index is -0.0000000450. The fourth-order valence-corrected chi connectivity index (χ4v) is 0.304. The van der Waals surface area contributed by atoms with Crippen LogP contribution in [0.15, 0.2) is 24.3 Å². The summed E-state index contributed by atoms with van der Waals surface area (Å²) in [5.74, 6) is 0. The Morgan fingerprint density at radius 1 is 0.600 bits per heavy atom. The van der Waals surface area contributed by atoms with Crippen molar-refractivity contribution in [2.45, 2.75) is 0 Å². The van der Waals surface area contributed by atoms with Gasteiger partial charge in [-0.2, -0.15) is 0 Å². The van der Waals surface area contributed by atoms with E-state index in [9.17, 15) is 0 Å². The van der Waals surface area contributed by atoms with Crippen LogP contribution in [0.2, 0.25) is 0 Å². The fourth-order valence-electron chi connectivity index (χ4n) is 0.304. The van der Waals surface area contributed by atoms with E-state index in [1.165, 1.54) is 0 Å². The summed E-state index contributed by atoms with van der Waals surface area (Å²) < 4.78 is 0. The van der Waals surface area contributed by atoms with Crippen molar-refractivity contribution in [3.05, 3.63) is 51.3 Å². The van der Waals surface area contributed by atoms with E-state index < -0.39 is 0 Å². The van der Waals surface area contributed by atoms with Gasteiger partial charge in [-0.3, -0.25) is 24.3 Å². The molecule has 50 valence electrons. The van der Waals surface area contributed by atoms with Crippen LogP contribution in [0, 0.1) is 89.2 Å². The van der Waals surface area contributed by atoms with Gasteiger partial charge in [0.1, 0.15) is 0 Å². The standard InChI is InChI=1S/C6H4.2CH3.2U/c1-2-4-6-5-3-1;;;;/h1-2,5-6H;2*1H3;;/q-2;2*-1;2*+2. The number of rotatable bonds is 0. The summed E-state index contributed by atoms with van der Waals surface area (Å²) in [5, 5.41) is 0. The van der Waals surface area contributed by atoms with Crippen LogP contribution in [0.4, 0.5) is 0 Å². The summed E-state index contributed by atoms with van der Waals surface area (Å²) in [6.45, 7) is 0. The van der Waals surface area contributed by atoms with E-state index in [-0.39, 0.29) is 77.1 Å². The van der Waals surface area contributed by atoms with Crippen molar-refractivity contribution in [3.8, 4) is 0 Å². The Labute approximate surface area is 112 Å². The van der Waals surface area contributed by atoms with Gasteiger partial charge in [-0.25, -0.2) is 0 Å². The summed E-state index contributed by atoms with van der Waals surface area (Å²) >= 11 is 0. The summed E-state index contributed by atoms with van der Waals surface area (Å²) in [7, 11) is 0. The Bertz CT molecular complexity index is 79.2. The predicted molar refractivity (Wildman–Crippen MR) is 36.9 cm³/mol. The smallest absolute Gasteiger partial charge is 0.358 e. The zero-order chi connectivity index (χ0) is 4.24. The molecule has 1 rings (SSSR count). The summed E-state index contributed by atoms with van der Waals surface area (Å²) in [5.41, 5.74) is 0. The maximum absolute atomic E-state index is 2.86. The second-order valence-electron chi connectivity index (χ2n) is 1.00. The second-order valence-corrected chi connectivity index (χ2v) is 1.00. The molecule has 1 aromatic carbocycles. The van der Waals surface area contributed by atoms with E-state index in [4.69, 9.17) is 0 Å². The van der Waals surface area contributed by atoms with Crippen molar-refractivity contribution in [2.24, 2.45) is 0 Å². The van der Waals surface area contributed by atoms with Crippen LogP contribution in [0.1, 0.15) is 0 Å². The second kappa shape index (κ2) is 16.7. The zero-order valence-corrected chi connectivity index (χ0v) is 14.6. The Morgan fingerprint density at radius 2 is 0.800 bits per heavy atom. The SMILES string of the molecule is [CH3-].[CH3-].[U+2].[U+2].[c-]1cc[c-]cc1. The molecule has 0 aliphatic carbocycles. The number of benzene rings is 1. The summed E-state index contributed by atoms with van der Waals surface area (Å²) in [4.78, 5) is 0. The first-order chi connectivity index (χ1) is 3.00. The van der Waals surface area contributed by atoms with Crippen molar-refractivity contribution in [3.63, 3.8) is 0 Å². The van der Waals surface area contributed by atoms with Gasteiger partial charge in [-0.05, 0) is 0 Å². The van der Waals surface area contributed by atoms with Gasteiger partial charge in [0, 0.05) is 0 Å². The molecular weight excluding hydrogens is 572 g/mol. The van der Waals surface area contributed by atoms with Crippen LogP contribution in [0.5, 0.6) is 0 Å². The van der Waals surface area contributed by atoms with Gasteiger partial charge in [-0.1, -0.05) is 0 Å². The Morgan fingerprint density at radius 3 is 0.900 bits per heavy atom. The maximum Gasteiger partial charge on any atom is 2.00 e. The molecular formula is C8H10U2. The van der Waals surface area contributed by atoms with Crippen LogP contribution in [0.25, 0.3) is 0 Å². The third-order valence-corrected chi connectivity index (χ3v) is 0.552. The molecule has 1 aromatic rings. The third kappa shape index (κ3) is 12.0. The average Bonchev–Trinajstić information content (AvgIpc) is 1.72. The van der Waals surface area contributed by atoms with Gasteiger partial charge in [0.15, 0.2) is 0 Å². The minimum atomic E-state index is 0. The minimum Gasteiger partial charge on any atom is -0.358 e. The molecule has 10 heavy (non-hydrogen) atoms. The first-order valence-electron chi connectivity index (χ1n) is 1.82. The molecule has 0 bridgehead atoms. The van der Waals surface area contributed by atoms with Crippen LogP contribution in [-0.4, -0.2) is 0 Å².